The van der Waals surface area contributed by atoms with Gasteiger partial charge in [-0.3, -0.25) is 0 Å². The first-order valence-electron chi connectivity index (χ1n) is 9.19. The Hall–Kier alpha value is -2.17. The summed E-state index contributed by atoms with van der Waals surface area (Å²) in [6, 6.07) is 8.14. The molecule has 0 atom stereocenters. The highest BCUT2D eigenvalue weighted by Gasteiger charge is 2.22. The predicted octanol–water partition coefficient (Wildman–Crippen LogP) is 4.09. The number of nitrogens with zero attached hydrogens (tertiary/aromatic N) is 2. The van der Waals surface area contributed by atoms with Gasteiger partial charge in [0, 0.05) is 35.9 Å². The topological polar surface area (TPSA) is 101 Å². The van der Waals surface area contributed by atoms with Crippen LogP contribution in [0.5, 0.6) is 5.75 Å². The molecule has 166 valence electrons. The van der Waals surface area contributed by atoms with Gasteiger partial charge in [-0.15, -0.1) is 23.2 Å². The van der Waals surface area contributed by atoms with E-state index in [9.17, 15) is 12.8 Å². The average Bonchev–Trinajstić information content (AvgIpc) is 3.18. The molecule has 4 rings (SSSR count). The number of hydrogen-bond donors (Lipinski definition) is 2. The van der Waals surface area contributed by atoms with Gasteiger partial charge in [-0.25, -0.2) is 14.5 Å². The number of aromatic nitrogens is 2. The Morgan fingerprint density at radius 3 is 2.61 bits per heavy atom. The number of rotatable bonds is 4. The Labute approximate surface area is 189 Å². The quantitative estimate of drug-likeness (QED) is 0.542. The van der Waals surface area contributed by atoms with Crippen molar-refractivity contribution >= 4 is 50.0 Å². The molecular weight excluding hydrogens is 466 g/mol. The van der Waals surface area contributed by atoms with Crippen LogP contribution in [0.1, 0.15) is 12.1 Å². The van der Waals surface area contributed by atoms with Crippen LogP contribution in [0.2, 0.25) is 0 Å². The minimum atomic E-state index is -3.69. The van der Waals surface area contributed by atoms with E-state index in [2.05, 4.69) is 9.97 Å². The van der Waals surface area contributed by atoms with Gasteiger partial charge in [0.25, 0.3) is 10.2 Å². The van der Waals surface area contributed by atoms with E-state index < -0.39 is 10.2 Å². The van der Waals surface area contributed by atoms with Crippen molar-refractivity contribution in [2.24, 2.45) is 5.14 Å². The number of nitrogens with one attached hydrogen (secondary N) is 1. The number of H-pyrrole nitrogens is 1. The third kappa shape index (κ3) is 5.36. The predicted molar refractivity (Wildman–Crippen MR) is 122 cm³/mol. The molecule has 0 saturated carbocycles. The number of nitrogens with two attached hydrogens (primary N) is 1. The second-order valence-electron chi connectivity index (χ2n) is 6.63. The van der Waals surface area contributed by atoms with Gasteiger partial charge in [0.15, 0.2) is 0 Å². The minimum absolute atomic E-state index is 0.194. The largest absolute Gasteiger partial charge is 0.496 e. The first kappa shape index (κ1) is 23.5. The summed E-state index contributed by atoms with van der Waals surface area (Å²) in [5.74, 6) is 0.215. The molecule has 0 saturated heterocycles. The van der Waals surface area contributed by atoms with Crippen LogP contribution in [0.4, 0.5) is 4.39 Å². The standard InChI is InChI=1S/C19H19FN4O3S.CH2Cl2/c1-27-18-3-2-13(20)10-15(18)14-4-7-22-19-16(14)11-17(23-19)12-5-8-24(9-6-12)28(21,25)26;2-1-3/h2-5,7,10-11H,6,8-9H2,1H3,(H,22,23)(H2,21,25,26);1H2. The van der Waals surface area contributed by atoms with Crippen molar-refractivity contribution in [3.63, 3.8) is 0 Å². The second kappa shape index (κ2) is 9.97. The van der Waals surface area contributed by atoms with Crippen molar-refractivity contribution in [3.8, 4) is 16.9 Å². The zero-order chi connectivity index (χ0) is 22.6. The summed E-state index contributed by atoms with van der Waals surface area (Å²) >= 11 is 9.53. The Morgan fingerprint density at radius 2 is 2.00 bits per heavy atom. The molecule has 0 unspecified atom stereocenters. The molecule has 3 N–H and O–H groups in total. The molecule has 7 nitrogen and oxygen atoms in total. The van der Waals surface area contributed by atoms with Gasteiger partial charge in [-0.05, 0) is 47.9 Å². The molecule has 3 aromatic rings. The van der Waals surface area contributed by atoms with Crippen molar-refractivity contribution in [2.45, 2.75) is 6.42 Å². The van der Waals surface area contributed by atoms with Crippen LogP contribution in [0.25, 0.3) is 27.7 Å². The molecule has 2 aromatic heterocycles. The molecule has 1 aliphatic rings. The van der Waals surface area contributed by atoms with E-state index in [0.717, 1.165) is 22.2 Å². The zero-order valence-corrected chi connectivity index (χ0v) is 18.9. The molecule has 0 amide bonds. The summed E-state index contributed by atoms with van der Waals surface area (Å²) in [5.41, 5.74) is 3.92. The Bertz CT molecular complexity index is 1210. The van der Waals surface area contributed by atoms with Crippen LogP contribution < -0.4 is 9.88 Å². The maximum absolute atomic E-state index is 13.8. The minimum Gasteiger partial charge on any atom is -0.496 e. The fourth-order valence-corrected chi connectivity index (χ4v) is 4.08. The summed E-state index contributed by atoms with van der Waals surface area (Å²) in [7, 11) is -2.15. The lowest BCUT2D eigenvalue weighted by Crippen LogP contribution is -2.39. The summed E-state index contributed by atoms with van der Waals surface area (Å²) in [5, 5.41) is 6.21. The van der Waals surface area contributed by atoms with Crippen molar-refractivity contribution < 1.29 is 17.5 Å². The number of hydrogen-bond acceptors (Lipinski definition) is 4. The highest BCUT2D eigenvalue weighted by molar-refractivity contribution is 7.86. The SMILES string of the molecule is COc1ccc(F)cc1-c1ccnc2[nH]c(C3=CCN(S(N)(=O)=O)CC3)cc12.ClCCl. The fraction of sp³-hybridized carbons (Fsp3) is 0.250. The summed E-state index contributed by atoms with van der Waals surface area (Å²) < 4.78 is 43.4. The number of methoxy groups -OCH3 is 1. The van der Waals surface area contributed by atoms with Gasteiger partial charge in [-0.2, -0.15) is 12.7 Å². The van der Waals surface area contributed by atoms with E-state index in [1.807, 2.05) is 18.2 Å². The highest BCUT2D eigenvalue weighted by Crippen LogP contribution is 2.36. The molecule has 1 aliphatic heterocycles. The monoisotopic (exact) mass is 486 g/mol. The molecule has 31 heavy (non-hydrogen) atoms. The molecule has 11 heteroatoms. The van der Waals surface area contributed by atoms with Crippen LogP contribution in [0.15, 0.2) is 42.6 Å². The Kier molecular flexibility index (Phi) is 7.55. The number of aromatic amines is 1. The average molecular weight is 487 g/mol. The number of fused-ring (bicyclic) bond motifs is 1. The lowest BCUT2D eigenvalue weighted by molar-refractivity contribution is 0.415. The molecule has 3 heterocycles. The van der Waals surface area contributed by atoms with Gasteiger partial charge in [-0.1, -0.05) is 6.08 Å². The Balaban J connectivity index is 0.000000858. The van der Waals surface area contributed by atoms with E-state index in [4.69, 9.17) is 33.1 Å². The van der Waals surface area contributed by atoms with E-state index in [0.29, 0.717) is 29.9 Å². The van der Waals surface area contributed by atoms with Crippen LogP contribution in [-0.2, 0) is 10.2 Å². The Morgan fingerprint density at radius 1 is 1.26 bits per heavy atom. The number of benzene rings is 1. The van der Waals surface area contributed by atoms with Crippen molar-refractivity contribution in [3.05, 3.63) is 54.1 Å². The van der Waals surface area contributed by atoms with E-state index >= 15 is 0 Å². The first-order chi connectivity index (χ1) is 14.8. The number of ether oxygens (including phenoxy) is 1. The van der Waals surface area contributed by atoms with Crippen molar-refractivity contribution in [2.75, 3.05) is 25.5 Å². The van der Waals surface area contributed by atoms with Crippen molar-refractivity contribution in [1.29, 1.82) is 0 Å². The normalized spacial score (nSPS) is 14.7. The third-order valence-electron chi connectivity index (χ3n) is 4.86. The van der Waals surface area contributed by atoms with Gasteiger partial charge < -0.3 is 9.72 Å². The van der Waals surface area contributed by atoms with Gasteiger partial charge in [0.1, 0.15) is 17.2 Å². The third-order valence-corrected chi connectivity index (χ3v) is 5.91. The van der Waals surface area contributed by atoms with Gasteiger partial charge in [0.2, 0.25) is 0 Å². The molecule has 0 radical (unpaired) electrons. The molecule has 0 fully saturated rings. The molecule has 0 spiro atoms. The number of halogens is 3. The lowest BCUT2D eigenvalue weighted by atomic mass is 10.0. The van der Waals surface area contributed by atoms with Crippen LogP contribution >= 0.6 is 23.2 Å². The maximum atomic E-state index is 13.8. The maximum Gasteiger partial charge on any atom is 0.277 e. The molecule has 0 aliphatic carbocycles. The zero-order valence-electron chi connectivity index (χ0n) is 16.6. The smallest absolute Gasteiger partial charge is 0.277 e. The van der Waals surface area contributed by atoms with E-state index in [-0.39, 0.29) is 17.7 Å². The van der Waals surface area contributed by atoms with E-state index in [1.165, 1.54) is 16.4 Å². The number of pyridine rings is 1. The lowest BCUT2D eigenvalue weighted by Gasteiger charge is -2.23. The first-order valence-corrected chi connectivity index (χ1v) is 11.8. The molecule has 1 aromatic carbocycles. The highest BCUT2D eigenvalue weighted by atomic mass is 35.5. The summed E-state index contributed by atoms with van der Waals surface area (Å²) in [6.07, 6.45) is 4.02. The van der Waals surface area contributed by atoms with Gasteiger partial charge in [0.05, 0.1) is 12.4 Å². The number of alkyl halides is 2. The van der Waals surface area contributed by atoms with E-state index in [1.54, 1.807) is 19.4 Å². The summed E-state index contributed by atoms with van der Waals surface area (Å²) in [4.78, 5) is 7.64. The molecule has 0 bridgehead atoms. The van der Waals surface area contributed by atoms with Crippen LogP contribution in [0, 0.1) is 5.82 Å². The van der Waals surface area contributed by atoms with Crippen LogP contribution in [0.3, 0.4) is 0 Å². The molecular formula is C20H21Cl2FN4O3S. The summed E-state index contributed by atoms with van der Waals surface area (Å²) in [6.45, 7) is 0.541. The van der Waals surface area contributed by atoms with Gasteiger partial charge >= 0.3 is 0 Å². The van der Waals surface area contributed by atoms with Crippen molar-refractivity contribution in [1.82, 2.24) is 14.3 Å². The second-order valence-corrected chi connectivity index (χ2v) is 8.99. The fourth-order valence-electron chi connectivity index (χ4n) is 3.45. The van der Waals surface area contributed by atoms with Crippen LogP contribution in [-0.4, -0.2) is 48.2 Å².